The van der Waals surface area contributed by atoms with Crippen molar-refractivity contribution in [3.05, 3.63) is 0 Å². The summed E-state index contributed by atoms with van der Waals surface area (Å²) in [5.74, 6) is 0.529. The Labute approximate surface area is 118 Å². The summed E-state index contributed by atoms with van der Waals surface area (Å²) in [5.41, 5.74) is -0.370. The van der Waals surface area contributed by atoms with Crippen molar-refractivity contribution in [3.8, 4) is 0 Å². The number of rotatable bonds is 6. The molecule has 19 heavy (non-hydrogen) atoms. The maximum Gasteiger partial charge on any atom is 0.0746 e. The molecular weight excluding hydrogens is 238 g/mol. The van der Waals surface area contributed by atoms with E-state index in [4.69, 9.17) is 4.74 Å². The Balaban J connectivity index is 1.66. The van der Waals surface area contributed by atoms with Gasteiger partial charge in [-0.15, -0.1) is 0 Å². The van der Waals surface area contributed by atoms with Crippen LogP contribution in [-0.2, 0) is 4.74 Å². The summed E-state index contributed by atoms with van der Waals surface area (Å²) in [6.07, 6.45) is 8.81. The summed E-state index contributed by atoms with van der Waals surface area (Å²) in [5, 5.41) is 13.7. The number of hydrogen-bond donors (Lipinski definition) is 2. The van der Waals surface area contributed by atoms with Crippen LogP contribution >= 0.6 is 0 Å². The summed E-state index contributed by atoms with van der Waals surface area (Å²) in [6.45, 7) is 7.78. The van der Waals surface area contributed by atoms with Crippen LogP contribution in [0.2, 0.25) is 0 Å². The number of hydrogen-bond acceptors (Lipinski definition) is 3. The van der Waals surface area contributed by atoms with Crippen molar-refractivity contribution in [2.24, 2.45) is 5.92 Å². The first-order valence-corrected chi connectivity index (χ1v) is 8.02. The fraction of sp³-hybridized carbons (Fsp3) is 1.00. The molecule has 2 N–H and O–H groups in total. The van der Waals surface area contributed by atoms with Gasteiger partial charge in [0, 0.05) is 13.1 Å². The van der Waals surface area contributed by atoms with Crippen LogP contribution in [0.1, 0.15) is 65.7 Å². The molecule has 1 saturated heterocycles. The maximum atomic E-state index is 10.3. The van der Waals surface area contributed by atoms with Crippen molar-refractivity contribution in [3.63, 3.8) is 0 Å². The highest BCUT2D eigenvalue weighted by atomic mass is 16.5. The van der Waals surface area contributed by atoms with Gasteiger partial charge in [-0.3, -0.25) is 0 Å². The second-order valence-corrected chi connectivity index (χ2v) is 7.39. The van der Waals surface area contributed by atoms with E-state index in [9.17, 15) is 5.11 Å². The van der Waals surface area contributed by atoms with Crippen molar-refractivity contribution in [2.75, 3.05) is 13.1 Å². The first-order chi connectivity index (χ1) is 8.91. The molecule has 2 unspecified atom stereocenters. The molecular formula is C16H31NO2. The molecule has 2 fully saturated rings. The van der Waals surface area contributed by atoms with E-state index in [0.717, 1.165) is 13.0 Å². The Morgan fingerprint density at radius 3 is 2.63 bits per heavy atom. The van der Waals surface area contributed by atoms with Crippen LogP contribution in [0.4, 0.5) is 0 Å². The van der Waals surface area contributed by atoms with Crippen molar-refractivity contribution < 1.29 is 9.84 Å². The van der Waals surface area contributed by atoms with Gasteiger partial charge in [0.2, 0.25) is 0 Å². The first kappa shape index (κ1) is 15.3. The molecule has 0 bridgehead atoms. The molecule has 1 aliphatic heterocycles. The van der Waals surface area contributed by atoms with Crippen LogP contribution in [0.25, 0.3) is 0 Å². The van der Waals surface area contributed by atoms with Gasteiger partial charge in [0.25, 0.3) is 0 Å². The Kier molecular flexibility index (Phi) is 4.91. The van der Waals surface area contributed by atoms with E-state index in [-0.39, 0.29) is 5.60 Å². The fourth-order valence-corrected chi connectivity index (χ4v) is 3.88. The molecule has 1 heterocycles. The highest BCUT2D eigenvalue weighted by Gasteiger charge is 2.41. The summed E-state index contributed by atoms with van der Waals surface area (Å²) in [6, 6.07) is 0. The van der Waals surface area contributed by atoms with E-state index in [1.54, 1.807) is 0 Å². The van der Waals surface area contributed by atoms with Crippen LogP contribution < -0.4 is 5.32 Å². The van der Waals surface area contributed by atoms with Crippen molar-refractivity contribution >= 4 is 0 Å². The largest absolute Gasteiger partial charge is 0.389 e. The average molecular weight is 269 g/mol. The summed E-state index contributed by atoms with van der Waals surface area (Å²) >= 11 is 0. The summed E-state index contributed by atoms with van der Waals surface area (Å²) in [4.78, 5) is 0. The standard InChI is InChI=1S/C16H31NO2/c1-13(2)10-15(3,18)12-17-11-14-6-9-16(19-14)7-4-5-8-16/h13-14,17-18H,4-12H2,1-3H3. The maximum absolute atomic E-state index is 10.3. The van der Waals surface area contributed by atoms with Gasteiger partial charge in [0.05, 0.1) is 17.3 Å². The molecule has 1 aliphatic carbocycles. The molecule has 2 atom stereocenters. The van der Waals surface area contributed by atoms with Crippen LogP contribution in [0.15, 0.2) is 0 Å². The normalized spacial score (nSPS) is 29.2. The second-order valence-electron chi connectivity index (χ2n) is 7.39. The minimum atomic E-state index is -0.599. The number of ether oxygens (including phenoxy) is 1. The minimum absolute atomic E-state index is 0.229. The zero-order valence-electron chi connectivity index (χ0n) is 12.9. The lowest BCUT2D eigenvalue weighted by Crippen LogP contribution is -2.42. The third kappa shape index (κ3) is 4.44. The third-order valence-electron chi connectivity index (χ3n) is 4.58. The topological polar surface area (TPSA) is 41.5 Å². The van der Waals surface area contributed by atoms with E-state index < -0.39 is 5.60 Å². The molecule has 1 spiro atoms. The van der Waals surface area contributed by atoms with Crippen LogP contribution in [0.3, 0.4) is 0 Å². The Bertz CT molecular complexity index is 282. The zero-order chi connectivity index (χ0) is 13.9. The monoisotopic (exact) mass is 269 g/mol. The number of aliphatic hydroxyl groups is 1. The molecule has 0 aromatic heterocycles. The quantitative estimate of drug-likeness (QED) is 0.779. The third-order valence-corrected chi connectivity index (χ3v) is 4.58. The summed E-state index contributed by atoms with van der Waals surface area (Å²) in [7, 11) is 0. The molecule has 112 valence electrons. The van der Waals surface area contributed by atoms with Gasteiger partial charge in [-0.05, 0) is 44.9 Å². The van der Waals surface area contributed by atoms with Crippen LogP contribution in [-0.4, -0.2) is 35.5 Å². The predicted octanol–water partition coefficient (Wildman–Crippen LogP) is 2.86. The highest BCUT2D eigenvalue weighted by molar-refractivity contribution is 4.93. The lowest BCUT2D eigenvalue weighted by molar-refractivity contribution is -0.0376. The lowest BCUT2D eigenvalue weighted by atomic mass is 9.94. The Morgan fingerprint density at radius 2 is 2.00 bits per heavy atom. The Hall–Kier alpha value is -0.120. The van der Waals surface area contributed by atoms with Gasteiger partial charge in [-0.1, -0.05) is 26.7 Å². The fourth-order valence-electron chi connectivity index (χ4n) is 3.88. The predicted molar refractivity (Wildman–Crippen MR) is 78.3 cm³/mol. The molecule has 0 aromatic carbocycles. The minimum Gasteiger partial charge on any atom is -0.389 e. The lowest BCUT2D eigenvalue weighted by Gasteiger charge is -2.27. The average Bonchev–Trinajstić information content (AvgIpc) is 2.88. The second kappa shape index (κ2) is 6.11. The summed E-state index contributed by atoms with van der Waals surface area (Å²) < 4.78 is 6.26. The molecule has 2 rings (SSSR count). The molecule has 3 nitrogen and oxygen atoms in total. The smallest absolute Gasteiger partial charge is 0.0746 e. The molecule has 0 aromatic rings. The van der Waals surface area contributed by atoms with Gasteiger partial charge < -0.3 is 15.2 Å². The molecule has 0 radical (unpaired) electrons. The molecule has 0 amide bonds. The molecule has 2 aliphatic rings. The molecule has 3 heteroatoms. The van der Waals surface area contributed by atoms with Gasteiger partial charge in [-0.2, -0.15) is 0 Å². The van der Waals surface area contributed by atoms with E-state index in [0.29, 0.717) is 18.6 Å². The Morgan fingerprint density at radius 1 is 1.32 bits per heavy atom. The zero-order valence-corrected chi connectivity index (χ0v) is 12.9. The first-order valence-electron chi connectivity index (χ1n) is 8.02. The van der Waals surface area contributed by atoms with E-state index in [1.807, 2.05) is 6.92 Å². The van der Waals surface area contributed by atoms with Crippen LogP contribution in [0.5, 0.6) is 0 Å². The van der Waals surface area contributed by atoms with E-state index in [1.165, 1.54) is 38.5 Å². The van der Waals surface area contributed by atoms with Gasteiger partial charge in [0.15, 0.2) is 0 Å². The van der Waals surface area contributed by atoms with Crippen LogP contribution in [0, 0.1) is 5.92 Å². The molecule has 1 saturated carbocycles. The van der Waals surface area contributed by atoms with Crippen molar-refractivity contribution in [2.45, 2.75) is 83.0 Å². The SMILES string of the molecule is CC(C)CC(C)(O)CNCC1CCC2(CCCC2)O1. The van der Waals surface area contributed by atoms with E-state index in [2.05, 4.69) is 19.2 Å². The number of nitrogens with one attached hydrogen (secondary N) is 1. The van der Waals surface area contributed by atoms with Crippen molar-refractivity contribution in [1.82, 2.24) is 5.32 Å². The van der Waals surface area contributed by atoms with Gasteiger partial charge >= 0.3 is 0 Å². The van der Waals surface area contributed by atoms with E-state index >= 15 is 0 Å². The highest BCUT2D eigenvalue weighted by Crippen LogP contribution is 2.43. The van der Waals surface area contributed by atoms with Crippen molar-refractivity contribution in [1.29, 1.82) is 0 Å². The van der Waals surface area contributed by atoms with Gasteiger partial charge in [0.1, 0.15) is 0 Å². The van der Waals surface area contributed by atoms with Gasteiger partial charge in [-0.25, -0.2) is 0 Å².